The van der Waals surface area contributed by atoms with E-state index in [2.05, 4.69) is 15.6 Å². The van der Waals surface area contributed by atoms with Crippen LogP contribution in [0, 0.1) is 0 Å². The van der Waals surface area contributed by atoms with E-state index in [1.54, 1.807) is 35.6 Å². The highest BCUT2D eigenvalue weighted by atomic mass is 35.5. The lowest BCUT2D eigenvalue weighted by Crippen LogP contribution is -2.38. The number of benzene rings is 1. The molecular formula is C21H26Cl2N4O4S. The fourth-order valence-corrected chi connectivity index (χ4v) is 4.21. The molecule has 1 fully saturated rings. The highest BCUT2D eigenvalue weighted by Gasteiger charge is 2.21. The summed E-state index contributed by atoms with van der Waals surface area (Å²) in [6, 6.07) is 5.06. The quantitative estimate of drug-likeness (QED) is 0.484. The maximum atomic E-state index is 13.0. The summed E-state index contributed by atoms with van der Waals surface area (Å²) in [5.41, 5.74) is 0.887. The first-order chi connectivity index (χ1) is 15.5. The number of ether oxygens (including phenoxy) is 2. The molecule has 0 saturated carbocycles. The molecule has 2 aromatic rings. The van der Waals surface area contributed by atoms with Crippen molar-refractivity contribution in [3.05, 3.63) is 39.3 Å². The van der Waals surface area contributed by atoms with Gasteiger partial charge in [-0.05, 0) is 31.0 Å². The Morgan fingerprint density at radius 2 is 2.19 bits per heavy atom. The number of thiazole rings is 1. The predicted molar refractivity (Wildman–Crippen MR) is 126 cm³/mol. The molecule has 3 rings (SSSR count). The van der Waals surface area contributed by atoms with Crippen LogP contribution in [0.4, 0.5) is 10.8 Å². The number of rotatable bonds is 11. The van der Waals surface area contributed by atoms with Crippen LogP contribution in [0.25, 0.3) is 0 Å². The Labute approximate surface area is 201 Å². The van der Waals surface area contributed by atoms with Crippen LogP contribution in [0.3, 0.4) is 0 Å². The number of amides is 2. The number of aromatic nitrogens is 1. The lowest BCUT2D eigenvalue weighted by atomic mass is 10.2. The minimum atomic E-state index is -0.268. The van der Waals surface area contributed by atoms with Crippen LogP contribution in [0.2, 0.25) is 10.0 Å². The molecule has 32 heavy (non-hydrogen) atoms. The minimum absolute atomic E-state index is 0.0825. The molecule has 0 bridgehead atoms. The summed E-state index contributed by atoms with van der Waals surface area (Å²) in [4.78, 5) is 31.2. The van der Waals surface area contributed by atoms with E-state index in [4.69, 9.17) is 32.7 Å². The first-order valence-electron chi connectivity index (χ1n) is 10.3. The third kappa shape index (κ3) is 7.31. The van der Waals surface area contributed by atoms with Crippen molar-refractivity contribution in [1.29, 1.82) is 0 Å². The van der Waals surface area contributed by atoms with Gasteiger partial charge in [0.2, 0.25) is 5.91 Å². The number of nitrogens with one attached hydrogen (secondary N) is 2. The Kier molecular flexibility index (Phi) is 9.55. The topological polar surface area (TPSA) is 92.8 Å². The monoisotopic (exact) mass is 500 g/mol. The van der Waals surface area contributed by atoms with Gasteiger partial charge in [-0.15, -0.1) is 11.3 Å². The average molecular weight is 501 g/mol. The number of anilines is 2. The lowest BCUT2D eigenvalue weighted by molar-refractivity contribution is -0.121. The summed E-state index contributed by atoms with van der Waals surface area (Å²) in [6.45, 7) is 2.22. The van der Waals surface area contributed by atoms with Crippen molar-refractivity contribution in [2.24, 2.45) is 0 Å². The van der Waals surface area contributed by atoms with E-state index in [1.165, 1.54) is 11.3 Å². The summed E-state index contributed by atoms with van der Waals surface area (Å²) in [5, 5.41) is 9.17. The van der Waals surface area contributed by atoms with Gasteiger partial charge in [0.05, 0.1) is 23.4 Å². The Hall–Kier alpha value is -1.91. The van der Waals surface area contributed by atoms with Gasteiger partial charge in [0.25, 0.3) is 5.91 Å². The van der Waals surface area contributed by atoms with E-state index in [-0.39, 0.29) is 36.6 Å². The molecular weight excluding hydrogens is 475 g/mol. The van der Waals surface area contributed by atoms with Gasteiger partial charge in [0.15, 0.2) is 5.13 Å². The Balaban J connectivity index is 1.57. The van der Waals surface area contributed by atoms with Gasteiger partial charge < -0.3 is 25.0 Å². The van der Waals surface area contributed by atoms with Crippen LogP contribution in [-0.2, 0) is 14.3 Å². The molecule has 2 amide bonds. The number of carbonyl (C=O) groups is 2. The Bertz CT molecular complexity index is 921. The second-order valence-corrected chi connectivity index (χ2v) is 8.96. The number of methoxy groups -OCH3 is 1. The Morgan fingerprint density at radius 3 is 2.94 bits per heavy atom. The molecule has 0 aliphatic carbocycles. The van der Waals surface area contributed by atoms with Gasteiger partial charge >= 0.3 is 0 Å². The zero-order valence-electron chi connectivity index (χ0n) is 17.7. The van der Waals surface area contributed by atoms with Gasteiger partial charge in [-0.2, -0.15) is 0 Å². The summed E-state index contributed by atoms with van der Waals surface area (Å²) in [5.74, 6) is -0.387. The molecule has 1 aromatic heterocycles. The molecule has 0 spiro atoms. The normalized spacial score (nSPS) is 15.5. The largest absolute Gasteiger partial charge is 0.383 e. The molecule has 11 heteroatoms. The predicted octanol–water partition coefficient (Wildman–Crippen LogP) is 3.97. The molecule has 8 nitrogen and oxygen atoms in total. The standard InChI is InChI=1S/C21H26Cl2N4O4S/c1-30-10-8-27(7-6-19(28)24-12-15-3-2-9-31-15)20(29)18-13-32-21(26-18)25-17-11-14(22)4-5-16(17)23/h4-5,11,13,15H,2-3,6-10,12H2,1H3,(H,24,28)(H,25,26)/t15-/m1/s1. The molecule has 1 aliphatic heterocycles. The van der Waals surface area contributed by atoms with Gasteiger partial charge in [-0.1, -0.05) is 23.2 Å². The van der Waals surface area contributed by atoms with E-state index in [9.17, 15) is 9.59 Å². The molecule has 1 saturated heterocycles. The first kappa shape index (κ1) is 24.7. The van der Waals surface area contributed by atoms with Crippen molar-refractivity contribution >= 4 is 57.2 Å². The fourth-order valence-electron chi connectivity index (χ4n) is 3.17. The van der Waals surface area contributed by atoms with Gasteiger partial charge in [0.1, 0.15) is 5.69 Å². The van der Waals surface area contributed by atoms with E-state index in [0.717, 1.165) is 19.4 Å². The first-order valence-corrected chi connectivity index (χ1v) is 11.9. The second kappa shape index (κ2) is 12.4. The zero-order valence-corrected chi connectivity index (χ0v) is 20.1. The molecule has 0 unspecified atom stereocenters. The van der Waals surface area contributed by atoms with Crippen molar-refractivity contribution in [2.45, 2.75) is 25.4 Å². The smallest absolute Gasteiger partial charge is 0.273 e. The van der Waals surface area contributed by atoms with E-state index < -0.39 is 0 Å². The molecule has 2 N–H and O–H groups in total. The van der Waals surface area contributed by atoms with Crippen molar-refractivity contribution in [3.8, 4) is 0 Å². The highest BCUT2D eigenvalue weighted by molar-refractivity contribution is 7.14. The molecule has 0 radical (unpaired) electrons. The van der Waals surface area contributed by atoms with Crippen LogP contribution in [0.15, 0.2) is 23.6 Å². The number of carbonyl (C=O) groups excluding carboxylic acids is 2. The number of hydrogen-bond acceptors (Lipinski definition) is 7. The maximum absolute atomic E-state index is 13.0. The Morgan fingerprint density at radius 1 is 1.34 bits per heavy atom. The zero-order chi connectivity index (χ0) is 22.9. The summed E-state index contributed by atoms with van der Waals surface area (Å²) in [6.07, 6.45) is 2.25. The fraction of sp³-hybridized carbons (Fsp3) is 0.476. The van der Waals surface area contributed by atoms with Crippen LogP contribution in [-0.4, -0.2) is 67.8 Å². The highest BCUT2D eigenvalue weighted by Crippen LogP contribution is 2.30. The lowest BCUT2D eigenvalue weighted by Gasteiger charge is -2.21. The van der Waals surface area contributed by atoms with Crippen LogP contribution in [0.5, 0.6) is 0 Å². The summed E-state index contributed by atoms with van der Waals surface area (Å²) in [7, 11) is 1.57. The number of halogens is 2. The third-order valence-electron chi connectivity index (χ3n) is 4.91. The second-order valence-electron chi connectivity index (χ2n) is 7.26. The van der Waals surface area contributed by atoms with Crippen molar-refractivity contribution < 1.29 is 19.1 Å². The van der Waals surface area contributed by atoms with Gasteiger partial charge in [-0.25, -0.2) is 4.98 Å². The van der Waals surface area contributed by atoms with E-state index >= 15 is 0 Å². The van der Waals surface area contributed by atoms with E-state index in [1.807, 2.05) is 0 Å². The molecule has 174 valence electrons. The number of hydrogen-bond donors (Lipinski definition) is 2. The molecule has 1 aliphatic rings. The van der Waals surface area contributed by atoms with Gasteiger partial charge in [-0.3, -0.25) is 9.59 Å². The molecule has 2 heterocycles. The summed E-state index contributed by atoms with van der Waals surface area (Å²) >= 11 is 13.5. The average Bonchev–Trinajstić information content (AvgIpc) is 3.47. The maximum Gasteiger partial charge on any atom is 0.273 e. The van der Waals surface area contributed by atoms with Gasteiger partial charge in [0, 0.05) is 50.2 Å². The van der Waals surface area contributed by atoms with Crippen LogP contribution < -0.4 is 10.6 Å². The number of nitrogens with zero attached hydrogens (tertiary/aromatic N) is 2. The SMILES string of the molecule is COCCN(CCC(=O)NC[C@H]1CCCO1)C(=O)c1csc(Nc2cc(Cl)ccc2Cl)n1. The van der Waals surface area contributed by atoms with Crippen LogP contribution in [0.1, 0.15) is 29.8 Å². The van der Waals surface area contributed by atoms with Crippen LogP contribution >= 0.6 is 34.5 Å². The molecule has 1 atom stereocenters. The van der Waals surface area contributed by atoms with Crippen molar-refractivity contribution in [3.63, 3.8) is 0 Å². The van der Waals surface area contributed by atoms with Crippen molar-refractivity contribution in [1.82, 2.24) is 15.2 Å². The van der Waals surface area contributed by atoms with E-state index in [0.29, 0.717) is 40.6 Å². The summed E-state index contributed by atoms with van der Waals surface area (Å²) < 4.78 is 10.6. The molecule has 1 aromatic carbocycles. The third-order valence-corrected chi connectivity index (χ3v) is 6.23. The van der Waals surface area contributed by atoms with Crippen molar-refractivity contribution in [2.75, 3.05) is 45.3 Å². The minimum Gasteiger partial charge on any atom is -0.383 e.